The molecule has 1 aromatic carbocycles. The maximum Gasteiger partial charge on any atom is 0.338 e. The average Bonchev–Trinajstić information content (AvgIpc) is 2.47. The molecule has 0 bridgehead atoms. The van der Waals surface area contributed by atoms with E-state index in [4.69, 9.17) is 10.5 Å². The van der Waals surface area contributed by atoms with Crippen molar-refractivity contribution in [3.8, 4) is 0 Å². The van der Waals surface area contributed by atoms with Crippen molar-refractivity contribution < 1.29 is 18.9 Å². The largest absolute Gasteiger partial charge is 0.459 e. The van der Waals surface area contributed by atoms with E-state index < -0.39 is 5.91 Å². The van der Waals surface area contributed by atoms with Gasteiger partial charge in [-0.2, -0.15) is 0 Å². The molecule has 0 aliphatic heterocycles. The third-order valence-corrected chi connectivity index (χ3v) is 3.05. The topological polar surface area (TPSA) is 73.3 Å². The van der Waals surface area contributed by atoms with Crippen molar-refractivity contribution in [1.82, 2.24) is 0 Å². The summed E-state index contributed by atoms with van der Waals surface area (Å²) in [5.41, 5.74) is 7.17. The number of carbonyl (C=O) groups excluding carboxylic acids is 2. The van der Waals surface area contributed by atoms with Crippen molar-refractivity contribution in [2.75, 3.05) is 0 Å². The molecule has 0 saturated carbocycles. The Balaban J connectivity index is 2.13. The molecule has 1 heterocycles. The van der Waals surface area contributed by atoms with E-state index in [1.165, 1.54) is 0 Å². The number of esters is 1. The molecule has 0 aliphatic carbocycles. The van der Waals surface area contributed by atoms with Crippen molar-refractivity contribution in [3.63, 3.8) is 0 Å². The zero-order valence-electron chi connectivity index (χ0n) is 12.7. The third kappa shape index (κ3) is 4.15. The molecule has 0 unspecified atom stereocenters. The lowest BCUT2D eigenvalue weighted by Crippen LogP contribution is -2.33. The zero-order chi connectivity index (χ0) is 16.1. The first-order chi connectivity index (χ1) is 10.5. The quantitative estimate of drug-likeness (QED) is 0.674. The van der Waals surface area contributed by atoms with Crippen LogP contribution in [0.15, 0.2) is 48.8 Å². The van der Waals surface area contributed by atoms with Crippen LogP contribution in [0.2, 0.25) is 0 Å². The van der Waals surface area contributed by atoms with Gasteiger partial charge in [-0.25, -0.2) is 9.36 Å². The van der Waals surface area contributed by atoms with Gasteiger partial charge in [-0.3, -0.25) is 4.79 Å². The maximum atomic E-state index is 11.9. The van der Waals surface area contributed by atoms with Crippen LogP contribution in [0.5, 0.6) is 0 Å². The molecule has 0 radical (unpaired) electrons. The highest BCUT2D eigenvalue weighted by Gasteiger charge is 2.11. The van der Waals surface area contributed by atoms with Crippen LogP contribution in [0.1, 0.15) is 40.1 Å². The van der Waals surface area contributed by atoms with Gasteiger partial charge in [0.25, 0.3) is 0 Å². The van der Waals surface area contributed by atoms with Gasteiger partial charge in [0.1, 0.15) is 0 Å². The summed E-state index contributed by atoms with van der Waals surface area (Å²) in [6, 6.07) is 10.6. The van der Waals surface area contributed by atoms with Crippen LogP contribution in [0.4, 0.5) is 0 Å². The number of benzene rings is 1. The first-order valence-electron chi connectivity index (χ1n) is 7.04. The number of aromatic nitrogens is 1. The fourth-order valence-corrected chi connectivity index (χ4v) is 2.02. The van der Waals surface area contributed by atoms with Gasteiger partial charge in [-0.1, -0.05) is 12.1 Å². The van der Waals surface area contributed by atoms with Gasteiger partial charge in [0.05, 0.1) is 17.2 Å². The SMILES string of the molecule is CC(C)OC(=O)c1cccc(C[n+]2ccc(C(N)=O)cc2)c1. The fraction of sp³-hybridized carbons (Fsp3) is 0.235. The zero-order valence-corrected chi connectivity index (χ0v) is 12.7. The summed E-state index contributed by atoms with van der Waals surface area (Å²) in [6.45, 7) is 4.22. The lowest BCUT2D eigenvalue weighted by molar-refractivity contribution is -0.688. The van der Waals surface area contributed by atoms with Gasteiger partial charge in [-0.15, -0.1) is 0 Å². The van der Waals surface area contributed by atoms with Crippen molar-refractivity contribution in [2.45, 2.75) is 26.5 Å². The molecule has 1 aromatic heterocycles. The molecule has 0 aliphatic rings. The Kier molecular flexibility index (Phi) is 4.88. The summed E-state index contributed by atoms with van der Waals surface area (Å²) in [5.74, 6) is -0.781. The number of hydrogen-bond acceptors (Lipinski definition) is 3. The minimum Gasteiger partial charge on any atom is -0.459 e. The van der Waals surface area contributed by atoms with Crippen LogP contribution < -0.4 is 10.3 Å². The second-order valence-corrected chi connectivity index (χ2v) is 5.28. The second kappa shape index (κ2) is 6.85. The molecule has 22 heavy (non-hydrogen) atoms. The highest BCUT2D eigenvalue weighted by Crippen LogP contribution is 2.08. The van der Waals surface area contributed by atoms with Gasteiger partial charge >= 0.3 is 5.97 Å². The van der Waals surface area contributed by atoms with E-state index in [0.29, 0.717) is 17.7 Å². The van der Waals surface area contributed by atoms with Gasteiger partial charge < -0.3 is 10.5 Å². The van der Waals surface area contributed by atoms with Crippen LogP contribution >= 0.6 is 0 Å². The smallest absolute Gasteiger partial charge is 0.338 e. The Hall–Kier alpha value is -2.69. The molecule has 2 aromatic rings. The number of amides is 1. The minimum atomic E-state index is -0.453. The van der Waals surface area contributed by atoms with Crippen LogP contribution in [-0.4, -0.2) is 18.0 Å². The molecular formula is C17H19N2O3+. The predicted molar refractivity (Wildman–Crippen MR) is 81.3 cm³/mol. The Morgan fingerprint density at radius 3 is 2.41 bits per heavy atom. The Morgan fingerprint density at radius 2 is 1.82 bits per heavy atom. The van der Waals surface area contributed by atoms with Gasteiger partial charge in [0.15, 0.2) is 18.9 Å². The van der Waals surface area contributed by atoms with Gasteiger partial charge in [0.2, 0.25) is 5.91 Å². The Morgan fingerprint density at radius 1 is 1.14 bits per heavy atom. The first-order valence-corrected chi connectivity index (χ1v) is 7.04. The average molecular weight is 299 g/mol. The summed E-state index contributed by atoms with van der Waals surface area (Å²) in [5, 5.41) is 0. The van der Waals surface area contributed by atoms with E-state index in [2.05, 4.69) is 0 Å². The fourth-order valence-electron chi connectivity index (χ4n) is 2.02. The number of nitrogens with two attached hydrogens (primary N) is 1. The summed E-state index contributed by atoms with van der Waals surface area (Å²) in [6.07, 6.45) is 3.41. The summed E-state index contributed by atoms with van der Waals surface area (Å²) in [4.78, 5) is 22.9. The summed E-state index contributed by atoms with van der Waals surface area (Å²) >= 11 is 0. The van der Waals surface area contributed by atoms with E-state index >= 15 is 0 Å². The number of pyridine rings is 1. The lowest BCUT2D eigenvalue weighted by Gasteiger charge is -2.08. The van der Waals surface area contributed by atoms with Crippen molar-refractivity contribution >= 4 is 11.9 Å². The summed E-state index contributed by atoms with van der Waals surface area (Å²) in [7, 11) is 0. The van der Waals surface area contributed by atoms with Crippen molar-refractivity contribution in [1.29, 1.82) is 0 Å². The molecular weight excluding hydrogens is 280 g/mol. The molecule has 5 nitrogen and oxygen atoms in total. The van der Waals surface area contributed by atoms with Crippen LogP contribution in [0.3, 0.4) is 0 Å². The number of nitrogens with zero attached hydrogens (tertiary/aromatic N) is 1. The molecule has 0 fully saturated rings. The standard InChI is InChI=1S/C17H18N2O3/c1-12(2)22-17(21)15-5-3-4-13(10-15)11-19-8-6-14(7-9-19)16(18)20/h3-10,12H,11H2,1-2H3,(H-,18,20)/p+1. The van der Waals surface area contributed by atoms with E-state index in [-0.39, 0.29) is 12.1 Å². The first kappa shape index (κ1) is 15.7. The third-order valence-electron chi connectivity index (χ3n) is 3.05. The number of carbonyl (C=O) groups is 2. The van der Waals surface area contributed by atoms with Crippen LogP contribution in [0, 0.1) is 0 Å². The molecule has 5 heteroatoms. The normalized spacial score (nSPS) is 10.5. The van der Waals surface area contributed by atoms with E-state index in [0.717, 1.165) is 5.56 Å². The molecule has 0 atom stereocenters. The van der Waals surface area contributed by atoms with Crippen LogP contribution in [0.25, 0.3) is 0 Å². The number of ether oxygens (including phenoxy) is 1. The Bertz CT molecular complexity index is 679. The predicted octanol–water partition coefficient (Wildman–Crippen LogP) is 1.69. The van der Waals surface area contributed by atoms with Gasteiger partial charge in [0, 0.05) is 17.7 Å². The monoisotopic (exact) mass is 299 g/mol. The lowest BCUT2D eigenvalue weighted by atomic mass is 10.1. The van der Waals surface area contributed by atoms with Crippen molar-refractivity contribution in [3.05, 3.63) is 65.5 Å². The van der Waals surface area contributed by atoms with Crippen molar-refractivity contribution in [2.24, 2.45) is 5.73 Å². The maximum absolute atomic E-state index is 11.9. The molecule has 2 rings (SSSR count). The van der Waals surface area contributed by atoms with Gasteiger partial charge in [-0.05, 0) is 26.0 Å². The highest BCUT2D eigenvalue weighted by atomic mass is 16.5. The van der Waals surface area contributed by atoms with Crippen LogP contribution in [-0.2, 0) is 11.3 Å². The summed E-state index contributed by atoms with van der Waals surface area (Å²) < 4.78 is 7.09. The second-order valence-electron chi connectivity index (χ2n) is 5.28. The number of hydrogen-bond donors (Lipinski definition) is 1. The Labute approximate surface area is 129 Å². The van der Waals surface area contributed by atoms with E-state index in [1.807, 2.05) is 30.5 Å². The number of rotatable bonds is 5. The molecule has 2 N–H and O–H groups in total. The molecule has 0 saturated heterocycles. The number of primary amides is 1. The molecule has 1 amide bonds. The molecule has 0 spiro atoms. The minimum absolute atomic E-state index is 0.146. The van der Waals surface area contributed by atoms with E-state index in [1.54, 1.807) is 36.7 Å². The molecule has 114 valence electrons. The van der Waals surface area contributed by atoms with E-state index in [9.17, 15) is 9.59 Å². The highest BCUT2D eigenvalue weighted by molar-refractivity contribution is 5.92.